The number of nitrogens with one attached hydrogen (secondary N) is 1. The first-order chi connectivity index (χ1) is 15.7. The molecule has 0 aliphatic heterocycles. The van der Waals surface area contributed by atoms with Gasteiger partial charge in [-0.2, -0.15) is 12.7 Å². The molecular weight excluding hydrogens is 520 g/mol. The van der Waals surface area contributed by atoms with E-state index >= 15 is 0 Å². The van der Waals surface area contributed by atoms with Crippen molar-refractivity contribution in [3.8, 4) is 0 Å². The first kappa shape index (κ1) is 27.8. The number of nitrogens with zero attached hydrogens (tertiary/aromatic N) is 3. The second-order valence-electron chi connectivity index (χ2n) is 9.20. The monoisotopic (exact) mass is 552 g/mol. The summed E-state index contributed by atoms with van der Waals surface area (Å²) in [6, 6.07) is 15.0. The van der Waals surface area contributed by atoms with Gasteiger partial charge < -0.3 is 10.2 Å². The van der Waals surface area contributed by atoms with Gasteiger partial charge in [0.25, 0.3) is 0 Å². The number of amides is 2. The molecule has 0 radical (unpaired) electrons. The Morgan fingerprint density at radius 1 is 1.00 bits per heavy atom. The summed E-state index contributed by atoms with van der Waals surface area (Å²) >= 11 is 3.40. The predicted molar refractivity (Wildman–Crippen MR) is 138 cm³/mol. The van der Waals surface area contributed by atoms with Crippen LogP contribution in [0.5, 0.6) is 0 Å². The largest absolute Gasteiger partial charge is 0.350 e. The first-order valence-electron chi connectivity index (χ1n) is 10.8. The Morgan fingerprint density at radius 3 is 2.06 bits per heavy atom. The fraction of sp³-hybridized carbons (Fsp3) is 0.417. The van der Waals surface area contributed by atoms with Gasteiger partial charge >= 0.3 is 10.2 Å². The Kier molecular flexibility index (Phi) is 9.27. The van der Waals surface area contributed by atoms with Crippen molar-refractivity contribution in [2.45, 2.75) is 45.8 Å². The predicted octanol–water partition coefficient (Wildman–Crippen LogP) is 3.39. The average molecular weight is 554 g/mol. The quantitative estimate of drug-likeness (QED) is 0.516. The second-order valence-corrected chi connectivity index (χ2v) is 12.2. The number of carbonyl (C=O) groups excluding carboxylic acids is 2. The van der Waals surface area contributed by atoms with E-state index in [4.69, 9.17) is 0 Å². The van der Waals surface area contributed by atoms with E-state index in [0.717, 1.165) is 18.6 Å². The Labute approximate surface area is 211 Å². The maximum Gasteiger partial charge on any atom is 0.304 e. The third-order valence-electron chi connectivity index (χ3n) is 4.99. The van der Waals surface area contributed by atoms with Gasteiger partial charge in [-0.15, -0.1) is 0 Å². The summed E-state index contributed by atoms with van der Waals surface area (Å²) < 4.78 is 29.1. The Hall–Kier alpha value is -2.43. The van der Waals surface area contributed by atoms with Crippen molar-refractivity contribution in [1.82, 2.24) is 14.5 Å². The summed E-state index contributed by atoms with van der Waals surface area (Å²) in [6.45, 7) is 6.92. The molecule has 2 aromatic carbocycles. The summed E-state index contributed by atoms with van der Waals surface area (Å²) in [5.74, 6) is -0.812. The van der Waals surface area contributed by atoms with Crippen LogP contribution in [0.4, 0.5) is 5.69 Å². The van der Waals surface area contributed by atoms with Gasteiger partial charge in [-0.25, -0.2) is 4.31 Å². The number of rotatable bonds is 9. The molecule has 0 saturated heterocycles. The van der Waals surface area contributed by atoms with Crippen LogP contribution in [0, 0.1) is 0 Å². The van der Waals surface area contributed by atoms with E-state index in [1.165, 1.54) is 19.0 Å². The Bertz CT molecular complexity index is 1080. The number of carbonyl (C=O) groups is 2. The van der Waals surface area contributed by atoms with Crippen LogP contribution >= 0.6 is 15.9 Å². The molecule has 186 valence electrons. The van der Waals surface area contributed by atoms with Crippen LogP contribution in [0.2, 0.25) is 0 Å². The van der Waals surface area contributed by atoms with Gasteiger partial charge in [0, 0.05) is 30.7 Å². The zero-order chi connectivity index (χ0) is 25.7. The molecule has 0 bridgehead atoms. The number of hydrogen-bond donors (Lipinski definition) is 1. The van der Waals surface area contributed by atoms with Crippen LogP contribution in [0.15, 0.2) is 59.1 Å². The second kappa shape index (κ2) is 11.3. The lowest BCUT2D eigenvalue weighted by molar-refractivity contribution is -0.140. The molecule has 10 heteroatoms. The van der Waals surface area contributed by atoms with Crippen LogP contribution in [0.1, 0.15) is 33.3 Å². The summed E-state index contributed by atoms with van der Waals surface area (Å²) in [7, 11) is -1.14. The van der Waals surface area contributed by atoms with Crippen LogP contribution in [0.3, 0.4) is 0 Å². The molecule has 0 spiro atoms. The van der Waals surface area contributed by atoms with E-state index < -0.39 is 34.2 Å². The first-order valence-corrected chi connectivity index (χ1v) is 13.0. The molecular formula is C24H33BrN4O4S. The lowest BCUT2D eigenvalue weighted by atomic mass is 10.1. The molecule has 1 N–H and O–H groups in total. The number of anilines is 1. The topological polar surface area (TPSA) is 90.0 Å². The minimum Gasteiger partial charge on any atom is -0.350 e. The van der Waals surface area contributed by atoms with Crippen LogP contribution < -0.4 is 9.62 Å². The summed E-state index contributed by atoms with van der Waals surface area (Å²) in [5, 5.41) is 2.90. The van der Waals surface area contributed by atoms with Crippen molar-refractivity contribution in [3.63, 3.8) is 0 Å². The van der Waals surface area contributed by atoms with Crippen molar-refractivity contribution in [2.75, 3.05) is 24.9 Å². The smallest absolute Gasteiger partial charge is 0.304 e. The SMILES string of the molecule is C[C@H](C(=O)NC(C)(C)C)N(Cc1ccc(Br)cc1)C(=O)CN(c1ccccc1)S(=O)(=O)N(C)C. The van der Waals surface area contributed by atoms with Crippen molar-refractivity contribution < 1.29 is 18.0 Å². The molecule has 2 aromatic rings. The highest BCUT2D eigenvalue weighted by atomic mass is 79.9. The highest BCUT2D eigenvalue weighted by molar-refractivity contribution is 9.10. The Balaban J connectivity index is 2.43. The van der Waals surface area contributed by atoms with E-state index in [-0.39, 0.29) is 12.5 Å². The van der Waals surface area contributed by atoms with Crippen molar-refractivity contribution >= 4 is 43.6 Å². The van der Waals surface area contributed by atoms with E-state index in [2.05, 4.69) is 21.2 Å². The summed E-state index contributed by atoms with van der Waals surface area (Å²) in [6.07, 6.45) is 0. The number of para-hydroxylation sites is 1. The van der Waals surface area contributed by atoms with Crippen molar-refractivity contribution in [3.05, 3.63) is 64.6 Å². The highest BCUT2D eigenvalue weighted by Gasteiger charge is 2.33. The molecule has 0 fully saturated rings. The van der Waals surface area contributed by atoms with Gasteiger partial charge in [0.05, 0.1) is 5.69 Å². The van der Waals surface area contributed by atoms with Crippen molar-refractivity contribution in [2.24, 2.45) is 0 Å². The standard InChI is InChI=1S/C24H33BrN4O4S/c1-18(23(31)26-24(2,3)4)28(16-19-12-14-20(25)15-13-19)22(30)17-29(34(32,33)27(5)6)21-10-8-7-9-11-21/h7-15,18H,16-17H2,1-6H3,(H,26,31)/t18-/m1/s1. The fourth-order valence-corrected chi connectivity index (χ4v) is 4.47. The molecule has 2 amide bonds. The maximum atomic E-state index is 13.6. The maximum absolute atomic E-state index is 13.6. The molecule has 0 aromatic heterocycles. The third-order valence-corrected chi connectivity index (χ3v) is 7.34. The lowest BCUT2D eigenvalue weighted by Gasteiger charge is -2.34. The average Bonchev–Trinajstić information content (AvgIpc) is 2.75. The highest BCUT2D eigenvalue weighted by Crippen LogP contribution is 2.21. The van der Waals surface area contributed by atoms with Gasteiger partial charge in [-0.05, 0) is 57.5 Å². The third kappa shape index (κ3) is 7.54. The van der Waals surface area contributed by atoms with Gasteiger partial charge in [-0.3, -0.25) is 9.59 Å². The number of hydrogen-bond acceptors (Lipinski definition) is 4. The lowest BCUT2D eigenvalue weighted by Crippen LogP contribution is -2.54. The van der Waals surface area contributed by atoms with E-state index in [1.54, 1.807) is 37.3 Å². The van der Waals surface area contributed by atoms with E-state index in [1.807, 2.05) is 45.0 Å². The number of halogens is 1. The van der Waals surface area contributed by atoms with Gasteiger partial charge in [0.15, 0.2) is 0 Å². The molecule has 8 nitrogen and oxygen atoms in total. The van der Waals surface area contributed by atoms with Gasteiger partial charge in [-0.1, -0.05) is 46.3 Å². The molecule has 0 aliphatic rings. The molecule has 0 aliphatic carbocycles. The van der Waals surface area contributed by atoms with E-state index in [0.29, 0.717) is 5.69 Å². The summed E-state index contributed by atoms with van der Waals surface area (Å²) in [4.78, 5) is 28.0. The summed E-state index contributed by atoms with van der Waals surface area (Å²) in [5.41, 5.74) is 0.691. The molecule has 0 saturated carbocycles. The molecule has 1 atom stereocenters. The minimum atomic E-state index is -3.96. The zero-order valence-electron chi connectivity index (χ0n) is 20.4. The van der Waals surface area contributed by atoms with Crippen LogP contribution in [-0.2, 0) is 26.3 Å². The van der Waals surface area contributed by atoms with Gasteiger partial charge in [0.2, 0.25) is 11.8 Å². The number of benzene rings is 2. The van der Waals surface area contributed by atoms with Crippen molar-refractivity contribution in [1.29, 1.82) is 0 Å². The fourth-order valence-electron chi connectivity index (χ4n) is 3.15. The zero-order valence-corrected chi connectivity index (χ0v) is 22.9. The molecule has 2 rings (SSSR count). The van der Waals surface area contributed by atoms with Crippen LogP contribution in [0.25, 0.3) is 0 Å². The minimum absolute atomic E-state index is 0.148. The van der Waals surface area contributed by atoms with Gasteiger partial charge in [0.1, 0.15) is 12.6 Å². The molecule has 0 unspecified atom stereocenters. The van der Waals surface area contributed by atoms with Crippen LogP contribution in [-0.4, -0.2) is 61.7 Å². The van der Waals surface area contributed by atoms with E-state index in [9.17, 15) is 18.0 Å². The normalized spacial score (nSPS) is 12.8. The molecule has 0 heterocycles. The molecule has 34 heavy (non-hydrogen) atoms. The Morgan fingerprint density at radius 2 is 1.56 bits per heavy atom.